The van der Waals surface area contributed by atoms with Crippen molar-refractivity contribution in [2.45, 2.75) is 63.2 Å². The van der Waals surface area contributed by atoms with Crippen LogP contribution < -0.4 is 11.1 Å². The number of ether oxygens (including phenoxy) is 1. The molecule has 1 fully saturated rings. The zero-order chi connectivity index (χ0) is 31.7. The lowest BCUT2D eigenvalue weighted by molar-refractivity contribution is -0.176. The molecule has 12 heteroatoms. The molecule has 0 unspecified atom stereocenters. The molecule has 3 aromatic rings. The zero-order valence-corrected chi connectivity index (χ0v) is 23.4. The third-order valence-electron chi connectivity index (χ3n) is 6.38. The zero-order valence-electron chi connectivity index (χ0n) is 23.4. The van der Waals surface area contributed by atoms with Gasteiger partial charge in [-0.2, -0.15) is 0 Å². The molecule has 2 aromatic carbocycles. The van der Waals surface area contributed by atoms with Crippen molar-refractivity contribution in [3.63, 3.8) is 0 Å². The van der Waals surface area contributed by atoms with Gasteiger partial charge in [0, 0.05) is 11.6 Å². The van der Waals surface area contributed by atoms with E-state index in [9.17, 15) is 36.6 Å². The first-order chi connectivity index (χ1) is 19.9. The van der Waals surface area contributed by atoms with Crippen molar-refractivity contribution < 1.29 is 41.4 Å². The van der Waals surface area contributed by atoms with Crippen LogP contribution in [0.4, 0.5) is 26.7 Å². The Hall–Kier alpha value is -4.50. The fraction of sp³-hybridized carbons (Fsp3) is 0.323. The Morgan fingerprint density at radius 2 is 1.72 bits per heavy atom. The second kappa shape index (κ2) is 11.6. The molecule has 2 amide bonds. The largest absolute Gasteiger partial charge is 0.444 e. The van der Waals surface area contributed by atoms with Crippen LogP contribution in [0.3, 0.4) is 0 Å². The van der Waals surface area contributed by atoms with Gasteiger partial charge in [0.2, 0.25) is 0 Å². The van der Waals surface area contributed by atoms with E-state index < -0.39 is 71.0 Å². The number of rotatable bonds is 6. The van der Waals surface area contributed by atoms with E-state index in [0.29, 0.717) is 6.07 Å². The molecule has 0 spiro atoms. The van der Waals surface area contributed by atoms with Gasteiger partial charge in [-0.05, 0) is 80.6 Å². The summed E-state index contributed by atoms with van der Waals surface area (Å²) in [4.78, 5) is 29.2. The first kappa shape index (κ1) is 31.4. The fourth-order valence-electron chi connectivity index (χ4n) is 4.64. The standard InChI is InChI=1S/C31H28F5N3O4/c1-29(2,3)43-28(41)39-25(12-17-10-19(32)14-20(33)11-17)26-22(18-4-7-24(34)23(13-18)27(37)40)6-5-21(38-26)8-9-30(42)15-31(35,36)16-30/h4-7,10-11,13-14,25,42H,12,15-16H2,1-3H3,(H2,37,40)(H,39,41)/t25-/m0/s1. The maximum absolute atomic E-state index is 14.3. The van der Waals surface area contributed by atoms with Crippen LogP contribution in [-0.2, 0) is 11.2 Å². The molecule has 4 rings (SSSR count). The second-order valence-electron chi connectivity index (χ2n) is 11.4. The molecule has 43 heavy (non-hydrogen) atoms. The highest BCUT2D eigenvalue weighted by atomic mass is 19.3. The van der Waals surface area contributed by atoms with E-state index in [2.05, 4.69) is 22.1 Å². The molecule has 0 aliphatic heterocycles. The van der Waals surface area contributed by atoms with E-state index in [1.54, 1.807) is 20.8 Å². The number of alkyl carbamates (subject to hydrolysis) is 1. The number of hydrogen-bond acceptors (Lipinski definition) is 5. The second-order valence-corrected chi connectivity index (χ2v) is 11.4. The van der Waals surface area contributed by atoms with E-state index in [4.69, 9.17) is 10.5 Å². The van der Waals surface area contributed by atoms with Crippen LogP contribution in [0.1, 0.15) is 67.0 Å². The smallest absolute Gasteiger partial charge is 0.408 e. The van der Waals surface area contributed by atoms with Gasteiger partial charge in [0.1, 0.15) is 34.3 Å². The fourth-order valence-corrected chi connectivity index (χ4v) is 4.64. The van der Waals surface area contributed by atoms with Gasteiger partial charge in [0.25, 0.3) is 11.8 Å². The first-order valence-electron chi connectivity index (χ1n) is 13.1. The molecule has 226 valence electrons. The van der Waals surface area contributed by atoms with Crippen molar-refractivity contribution in [2.75, 3.05) is 0 Å². The van der Waals surface area contributed by atoms with E-state index in [1.165, 1.54) is 24.3 Å². The van der Waals surface area contributed by atoms with Crippen molar-refractivity contribution >= 4 is 12.0 Å². The number of primary amides is 1. The number of nitrogens with one attached hydrogen (secondary N) is 1. The van der Waals surface area contributed by atoms with E-state index in [-0.39, 0.29) is 34.5 Å². The highest BCUT2D eigenvalue weighted by Gasteiger charge is 2.55. The lowest BCUT2D eigenvalue weighted by Crippen LogP contribution is -2.50. The van der Waals surface area contributed by atoms with Crippen LogP contribution in [0.25, 0.3) is 11.1 Å². The topological polar surface area (TPSA) is 115 Å². The maximum Gasteiger partial charge on any atom is 0.408 e. The summed E-state index contributed by atoms with van der Waals surface area (Å²) >= 11 is 0. The molecule has 1 heterocycles. The number of benzene rings is 2. The lowest BCUT2D eigenvalue weighted by Gasteiger charge is -2.39. The highest BCUT2D eigenvalue weighted by Crippen LogP contribution is 2.45. The number of carbonyl (C=O) groups is 2. The minimum absolute atomic E-state index is 0.000962. The van der Waals surface area contributed by atoms with Gasteiger partial charge in [0.15, 0.2) is 0 Å². The normalized spacial score (nSPS) is 15.8. The van der Waals surface area contributed by atoms with Gasteiger partial charge < -0.3 is 20.9 Å². The molecular weight excluding hydrogens is 573 g/mol. The number of halogens is 5. The molecule has 1 aromatic heterocycles. The average Bonchev–Trinajstić information content (AvgIpc) is 2.84. The predicted octanol–water partition coefficient (Wildman–Crippen LogP) is 5.59. The van der Waals surface area contributed by atoms with Gasteiger partial charge in [-0.15, -0.1) is 0 Å². The molecule has 1 aliphatic carbocycles. The average molecular weight is 602 g/mol. The SMILES string of the molecule is CC(C)(C)OC(=O)N[C@@H](Cc1cc(F)cc(F)c1)c1nc(C#CC2(O)CC(F)(F)C2)ccc1-c1ccc(F)c(C(N)=O)c1. The molecular formula is C31H28F5N3O4. The Morgan fingerprint density at radius 1 is 1.07 bits per heavy atom. The van der Waals surface area contributed by atoms with Crippen molar-refractivity contribution in [3.8, 4) is 23.0 Å². The number of alkyl halides is 2. The summed E-state index contributed by atoms with van der Waals surface area (Å²) in [6.45, 7) is 4.88. The minimum Gasteiger partial charge on any atom is -0.444 e. The number of aliphatic hydroxyl groups is 1. The van der Waals surface area contributed by atoms with Crippen LogP contribution in [0.2, 0.25) is 0 Å². The van der Waals surface area contributed by atoms with Crippen molar-refractivity contribution in [3.05, 3.63) is 88.5 Å². The quantitative estimate of drug-likeness (QED) is 0.252. The van der Waals surface area contributed by atoms with Gasteiger partial charge in [0.05, 0.1) is 30.1 Å². The first-order valence-corrected chi connectivity index (χ1v) is 13.1. The van der Waals surface area contributed by atoms with Gasteiger partial charge in [-0.3, -0.25) is 4.79 Å². The Morgan fingerprint density at radius 3 is 2.30 bits per heavy atom. The Kier molecular flexibility index (Phi) is 8.51. The lowest BCUT2D eigenvalue weighted by atomic mass is 9.77. The third kappa shape index (κ3) is 8.08. The number of nitrogens with two attached hydrogens (primary N) is 1. The van der Waals surface area contributed by atoms with Crippen molar-refractivity contribution in [2.24, 2.45) is 5.73 Å². The van der Waals surface area contributed by atoms with Crippen LogP contribution in [0.5, 0.6) is 0 Å². The Bertz CT molecular complexity index is 1610. The molecule has 7 nitrogen and oxygen atoms in total. The molecule has 1 aliphatic rings. The van der Waals surface area contributed by atoms with Crippen LogP contribution in [0, 0.1) is 29.3 Å². The van der Waals surface area contributed by atoms with Gasteiger partial charge in [-0.25, -0.2) is 31.7 Å². The molecule has 0 bridgehead atoms. The monoisotopic (exact) mass is 601 g/mol. The van der Waals surface area contributed by atoms with Gasteiger partial charge in [-0.1, -0.05) is 12.0 Å². The Labute approximate surface area is 244 Å². The van der Waals surface area contributed by atoms with Crippen LogP contribution in [0.15, 0.2) is 48.5 Å². The van der Waals surface area contributed by atoms with Gasteiger partial charge >= 0.3 is 6.09 Å². The summed E-state index contributed by atoms with van der Waals surface area (Å²) in [5.74, 6) is -1.73. The van der Waals surface area contributed by atoms with E-state index >= 15 is 0 Å². The van der Waals surface area contributed by atoms with E-state index in [1.807, 2.05) is 0 Å². The van der Waals surface area contributed by atoms with Crippen LogP contribution >= 0.6 is 0 Å². The van der Waals surface area contributed by atoms with Crippen molar-refractivity contribution in [1.29, 1.82) is 0 Å². The Balaban J connectivity index is 1.86. The molecule has 1 saturated carbocycles. The van der Waals surface area contributed by atoms with E-state index in [0.717, 1.165) is 18.2 Å². The molecule has 4 N–H and O–H groups in total. The number of hydrogen-bond donors (Lipinski definition) is 3. The number of nitrogens with zero attached hydrogens (tertiary/aromatic N) is 1. The third-order valence-corrected chi connectivity index (χ3v) is 6.38. The number of amides is 2. The summed E-state index contributed by atoms with van der Waals surface area (Å²) < 4.78 is 74.6. The summed E-state index contributed by atoms with van der Waals surface area (Å²) in [6.07, 6.45) is -2.82. The number of aromatic nitrogens is 1. The summed E-state index contributed by atoms with van der Waals surface area (Å²) in [7, 11) is 0. The predicted molar refractivity (Wildman–Crippen MR) is 146 cm³/mol. The molecule has 0 radical (unpaired) electrons. The maximum atomic E-state index is 14.3. The van der Waals surface area contributed by atoms with Crippen molar-refractivity contribution in [1.82, 2.24) is 10.3 Å². The molecule has 1 atom stereocenters. The highest BCUT2D eigenvalue weighted by molar-refractivity contribution is 5.94. The van der Waals surface area contributed by atoms with Crippen LogP contribution in [-0.4, -0.2) is 39.2 Å². The molecule has 0 saturated heterocycles. The number of pyridine rings is 1. The summed E-state index contributed by atoms with van der Waals surface area (Å²) in [5, 5.41) is 12.9. The minimum atomic E-state index is -3.05. The summed E-state index contributed by atoms with van der Waals surface area (Å²) in [5.41, 5.74) is 2.73. The number of carbonyl (C=O) groups excluding carboxylic acids is 2. The summed E-state index contributed by atoms with van der Waals surface area (Å²) in [6, 6.07) is 8.04.